The van der Waals surface area contributed by atoms with E-state index in [2.05, 4.69) is 24.5 Å². The molecule has 0 aliphatic carbocycles. The predicted molar refractivity (Wildman–Crippen MR) is 81.3 cm³/mol. The van der Waals surface area contributed by atoms with E-state index in [1.54, 1.807) is 0 Å². The molecule has 1 rings (SSSR count). The quantitative estimate of drug-likeness (QED) is 0.668. The van der Waals surface area contributed by atoms with Crippen molar-refractivity contribution in [3.05, 3.63) is 30.3 Å². The van der Waals surface area contributed by atoms with E-state index in [4.69, 9.17) is 0 Å². The van der Waals surface area contributed by atoms with E-state index in [-0.39, 0.29) is 5.91 Å². The van der Waals surface area contributed by atoms with Crippen molar-refractivity contribution in [2.45, 2.75) is 52.0 Å². The van der Waals surface area contributed by atoms with Gasteiger partial charge in [-0.15, -0.1) is 0 Å². The Bertz CT molecular complexity index is 351. The second-order valence-corrected chi connectivity index (χ2v) is 5.05. The average molecular weight is 262 g/mol. The molecule has 0 heterocycles. The lowest BCUT2D eigenvalue weighted by Crippen LogP contribution is -2.34. The monoisotopic (exact) mass is 262 g/mol. The highest BCUT2D eigenvalue weighted by Crippen LogP contribution is 2.06. The van der Waals surface area contributed by atoms with Crippen LogP contribution in [0.25, 0.3) is 0 Å². The summed E-state index contributed by atoms with van der Waals surface area (Å²) in [6.07, 6.45) is 6.24. The van der Waals surface area contributed by atoms with Gasteiger partial charge in [-0.1, -0.05) is 50.8 Å². The van der Waals surface area contributed by atoms with E-state index in [0.29, 0.717) is 12.6 Å². The smallest absolute Gasteiger partial charge is 0.238 e. The van der Waals surface area contributed by atoms with Gasteiger partial charge in [-0.3, -0.25) is 4.79 Å². The maximum absolute atomic E-state index is 11.7. The third-order valence-electron chi connectivity index (χ3n) is 3.16. The Balaban J connectivity index is 2.12. The van der Waals surface area contributed by atoms with Crippen LogP contribution in [0.5, 0.6) is 0 Å². The van der Waals surface area contributed by atoms with Gasteiger partial charge in [0.1, 0.15) is 0 Å². The Morgan fingerprint density at radius 2 is 1.89 bits per heavy atom. The first kappa shape index (κ1) is 15.7. The third kappa shape index (κ3) is 7.62. The van der Waals surface area contributed by atoms with Gasteiger partial charge < -0.3 is 10.6 Å². The number of hydrogen-bond acceptors (Lipinski definition) is 2. The number of benzene rings is 1. The van der Waals surface area contributed by atoms with Crippen LogP contribution in [-0.2, 0) is 4.79 Å². The minimum atomic E-state index is 0.0200. The first-order valence-electron chi connectivity index (χ1n) is 7.30. The molecule has 2 N–H and O–H groups in total. The highest BCUT2D eigenvalue weighted by atomic mass is 16.1. The number of hydrogen-bond donors (Lipinski definition) is 2. The molecule has 0 fully saturated rings. The Labute approximate surface area is 116 Å². The Morgan fingerprint density at radius 3 is 2.58 bits per heavy atom. The maximum atomic E-state index is 11.7. The molecule has 0 radical (unpaired) electrons. The highest BCUT2D eigenvalue weighted by Gasteiger charge is 2.05. The fraction of sp³-hybridized carbons (Fsp3) is 0.562. The SMILES string of the molecule is CCCCCCC(C)NCC(=O)Nc1ccccc1. The molecule has 0 spiro atoms. The molecule has 0 aliphatic heterocycles. The molecule has 0 aliphatic rings. The lowest BCUT2D eigenvalue weighted by atomic mass is 10.1. The largest absolute Gasteiger partial charge is 0.325 e. The van der Waals surface area contributed by atoms with Gasteiger partial charge in [0.15, 0.2) is 0 Å². The number of carbonyl (C=O) groups excluding carboxylic acids is 1. The molecule has 19 heavy (non-hydrogen) atoms. The molecule has 1 aromatic rings. The first-order chi connectivity index (χ1) is 9.22. The van der Waals surface area contributed by atoms with E-state index >= 15 is 0 Å². The normalized spacial score (nSPS) is 12.1. The van der Waals surface area contributed by atoms with Crippen molar-refractivity contribution < 1.29 is 4.79 Å². The second kappa shape index (κ2) is 9.56. The van der Waals surface area contributed by atoms with E-state index in [9.17, 15) is 4.79 Å². The first-order valence-corrected chi connectivity index (χ1v) is 7.30. The summed E-state index contributed by atoms with van der Waals surface area (Å²) in [6.45, 7) is 4.74. The molecular weight excluding hydrogens is 236 g/mol. The summed E-state index contributed by atoms with van der Waals surface area (Å²) in [5.74, 6) is 0.0200. The molecule has 106 valence electrons. The maximum Gasteiger partial charge on any atom is 0.238 e. The third-order valence-corrected chi connectivity index (χ3v) is 3.16. The summed E-state index contributed by atoms with van der Waals surface area (Å²) in [7, 11) is 0. The Hall–Kier alpha value is -1.35. The summed E-state index contributed by atoms with van der Waals surface area (Å²) in [4.78, 5) is 11.7. The number of anilines is 1. The summed E-state index contributed by atoms with van der Waals surface area (Å²) in [5.41, 5.74) is 0.852. The standard InChI is InChI=1S/C16H26N2O/c1-3-4-5-7-10-14(2)17-13-16(19)18-15-11-8-6-9-12-15/h6,8-9,11-12,14,17H,3-5,7,10,13H2,1-2H3,(H,18,19). The van der Waals surface area contributed by atoms with E-state index < -0.39 is 0 Å². The summed E-state index contributed by atoms with van der Waals surface area (Å²) >= 11 is 0. The number of para-hydroxylation sites is 1. The van der Waals surface area contributed by atoms with E-state index in [1.165, 1.54) is 25.7 Å². The summed E-state index contributed by atoms with van der Waals surface area (Å²) in [5, 5.41) is 6.14. The van der Waals surface area contributed by atoms with Gasteiger partial charge in [0.05, 0.1) is 6.54 Å². The topological polar surface area (TPSA) is 41.1 Å². The molecule has 0 saturated heterocycles. The fourth-order valence-corrected chi connectivity index (χ4v) is 1.97. The second-order valence-electron chi connectivity index (χ2n) is 5.05. The van der Waals surface area contributed by atoms with Gasteiger partial charge in [0.25, 0.3) is 0 Å². The average Bonchev–Trinajstić information content (AvgIpc) is 2.42. The van der Waals surface area contributed by atoms with Crippen molar-refractivity contribution in [2.75, 3.05) is 11.9 Å². The van der Waals surface area contributed by atoms with Crippen LogP contribution in [0.3, 0.4) is 0 Å². The van der Waals surface area contributed by atoms with Crippen molar-refractivity contribution in [3.63, 3.8) is 0 Å². The fourth-order valence-electron chi connectivity index (χ4n) is 1.97. The van der Waals surface area contributed by atoms with Crippen molar-refractivity contribution in [1.82, 2.24) is 5.32 Å². The van der Waals surface area contributed by atoms with Gasteiger partial charge in [0.2, 0.25) is 5.91 Å². The molecular formula is C16H26N2O. The van der Waals surface area contributed by atoms with Gasteiger partial charge >= 0.3 is 0 Å². The van der Waals surface area contributed by atoms with Crippen LogP contribution < -0.4 is 10.6 Å². The molecule has 3 nitrogen and oxygen atoms in total. The van der Waals surface area contributed by atoms with Gasteiger partial charge in [-0.05, 0) is 25.5 Å². The van der Waals surface area contributed by atoms with Crippen molar-refractivity contribution in [3.8, 4) is 0 Å². The number of rotatable bonds is 9. The number of unbranched alkanes of at least 4 members (excludes halogenated alkanes) is 3. The van der Waals surface area contributed by atoms with Crippen LogP contribution >= 0.6 is 0 Å². The zero-order valence-corrected chi connectivity index (χ0v) is 12.1. The lowest BCUT2D eigenvalue weighted by Gasteiger charge is -2.13. The van der Waals surface area contributed by atoms with Crippen LogP contribution in [0.15, 0.2) is 30.3 Å². The van der Waals surface area contributed by atoms with Gasteiger partial charge in [0, 0.05) is 11.7 Å². The molecule has 3 heteroatoms. The Kier molecular flexibility index (Phi) is 7.91. The number of amides is 1. The minimum absolute atomic E-state index is 0.0200. The van der Waals surface area contributed by atoms with Crippen LogP contribution in [0.1, 0.15) is 46.0 Å². The van der Waals surface area contributed by atoms with Crippen molar-refractivity contribution in [1.29, 1.82) is 0 Å². The zero-order chi connectivity index (χ0) is 13.9. The molecule has 0 aromatic heterocycles. The van der Waals surface area contributed by atoms with E-state index in [1.807, 2.05) is 30.3 Å². The van der Waals surface area contributed by atoms with Gasteiger partial charge in [-0.2, -0.15) is 0 Å². The summed E-state index contributed by atoms with van der Waals surface area (Å²) < 4.78 is 0. The molecule has 1 unspecified atom stereocenters. The van der Waals surface area contributed by atoms with Crippen LogP contribution in [0.4, 0.5) is 5.69 Å². The molecule has 1 amide bonds. The zero-order valence-electron chi connectivity index (χ0n) is 12.1. The predicted octanol–water partition coefficient (Wildman–Crippen LogP) is 3.57. The highest BCUT2D eigenvalue weighted by molar-refractivity contribution is 5.92. The molecule has 0 saturated carbocycles. The summed E-state index contributed by atoms with van der Waals surface area (Å²) in [6, 6.07) is 9.96. The number of carbonyl (C=O) groups is 1. The molecule has 1 atom stereocenters. The lowest BCUT2D eigenvalue weighted by molar-refractivity contribution is -0.115. The minimum Gasteiger partial charge on any atom is -0.325 e. The Morgan fingerprint density at radius 1 is 1.16 bits per heavy atom. The van der Waals surface area contributed by atoms with Crippen LogP contribution in [0.2, 0.25) is 0 Å². The van der Waals surface area contributed by atoms with Crippen molar-refractivity contribution in [2.24, 2.45) is 0 Å². The number of nitrogens with one attached hydrogen (secondary N) is 2. The molecule has 1 aromatic carbocycles. The molecule has 0 bridgehead atoms. The van der Waals surface area contributed by atoms with Crippen LogP contribution in [0, 0.1) is 0 Å². The van der Waals surface area contributed by atoms with Gasteiger partial charge in [-0.25, -0.2) is 0 Å². The van der Waals surface area contributed by atoms with Crippen molar-refractivity contribution >= 4 is 11.6 Å². The van der Waals surface area contributed by atoms with E-state index in [0.717, 1.165) is 12.1 Å². The van der Waals surface area contributed by atoms with Crippen LogP contribution in [-0.4, -0.2) is 18.5 Å².